The highest BCUT2D eigenvalue weighted by Crippen LogP contribution is 2.32. The van der Waals surface area contributed by atoms with Gasteiger partial charge < -0.3 is 5.73 Å². The molecule has 2 N–H and O–H groups in total. The molecule has 1 aromatic carbocycles. The number of rotatable bonds is 2. The fraction of sp³-hybridized carbons (Fsp3) is 0. The highest BCUT2D eigenvalue weighted by Gasteiger charge is 2.01. The maximum Gasteiger partial charge on any atom is 0.0498 e. The molecule has 0 saturated carbocycles. The van der Waals surface area contributed by atoms with Crippen LogP contribution in [-0.2, 0) is 0 Å². The van der Waals surface area contributed by atoms with Crippen molar-refractivity contribution in [3.63, 3.8) is 0 Å². The molecule has 0 unspecified atom stereocenters. The third-order valence-electron chi connectivity index (χ3n) is 1.84. The molecule has 0 atom stereocenters. The molecule has 0 amide bonds. The molecule has 0 aliphatic heterocycles. The lowest BCUT2D eigenvalue weighted by molar-refractivity contribution is 1.23. The summed E-state index contributed by atoms with van der Waals surface area (Å²) >= 11 is 5.14. The molecule has 0 radical (unpaired) electrons. The van der Waals surface area contributed by atoms with Crippen LogP contribution >= 0.6 is 27.7 Å². The molecule has 0 bridgehead atoms. The summed E-state index contributed by atoms with van der Waals surface area (Å²) < 4.78 is 1.01. The van der Waals surface area contributed by atoms with Crippen LogP contribution in [0.3, 0.4) is 0 Å². The van der Waals surface area contributed by atoms with Crippen LogP contribution in [-0.4, -0.2) is 4.98 Å². The van der Waals surface area contributed by atoms with E-state index in [9.17, 15) is 0 Å². The van der Waals surface area contributed by atoms with E-state index in [4.69, 9.17) is 5.73 Å². The van der Waals surface area contributed by atoms with Gasteiger partial charge in [0.1, 0.15) is 0 Å². The zero-order valence-corrected chi connectivity index (χ0v) is 10.3. The molecule has 2 aromatic rings. The maximum atomic E-state index is 5.62. The number of hydrogen-bond acceptors (Lipinski definition) is 3. The predicted octanol–water partition coefficient (Wildman–Crippen LogP) is 3.58. The summed E-state index contributed by atoms with van der Waals surface area (Å²) in [5.41, 5.74) is 6.41. The highest BCUT2D eigenvalue weighted by atomic mass is 79.9. The van der Waals surface area contributed by atoms with Crippen molar-refractivity contribution in [3.8, 4) is 0 Å². The van der Waals surface area contributed by atoms with E-state index in [1.54, 1.807) is 24.2 Å². The number of benzene rings is 1. The van der Waals surface area contributed by atoms with Crippen LogP contribution in [0.1, 0.15) is 0 Å². The Labute approximate surface area is 101 Å². The van der Waals surface area contributed by atoms with Crippen LogP contribution in [0.2, 0.25) is 0 Å². The van der Waals surface area contributed by atoms with Crippen LogP contribution < -0.4 is 5.73 Å². The third-order valence-corrected chi connectivity index (χ3v) is 3.82. The lowest BCUT2D eigenvalue weighted by Crippen LogP contribution is -1.83. The van der Waals surface area contributed by atoms with E-state index < -0.39 is 0 Å². The van der Waals surface area contributed by atoms with Gasteiger partial charge in [0.15, 0.2) is 0 Å². The topological polar surface area (TPSA) is 38.9 Å². The summed E-state index contributed by atoms with van der Waals surface area (Å²) in [6, 6.07) is 9.79. The van der Waals surface area contributed by atoms with Crippen LogP contribution in [0.15, 0.2) is 57.0 Å². The molecular weight excluding hydrogens is 272 g/mol. The Balaban J connectivity index is 2.22. The first-order valence-electron chi connectivity index (χ1n) is 4.38. The fourth-order valence-corrected chi connectivity index (χ4v) is 2.41. The number of nitrogens with two attached hydrogens (primary N) is 1. The van der Waals surface area contributed by atoms with Gasteiger partial charge in [0, 0.05) is 32.3 Å². The molecule has 0 aliphatic carbocycles. The molecule has 2 rings (SSSR count). The molecule has 0 fully saturated rings. The SMILES string of the molecule is Nc1ccc(Sc2ccncc2Br)cc1. The van der Waals surface area contributed by atoms with Gasteiger partial charge in [-0.05, 0) is 46.3 Å². The molecule has 4 heteroatoms. The zero-order valence-electron chi connectivity index (χ0n) is 7.85. The van der Waals surface area contributed by atoms with Gasteiger partial charge in [-0.25, -0.2) is 0 Å². The third kappa shape index (κ3) is 2.73. The van der Waals surface area contributed by atoms with Crippen molar-refractivity contribution >= 4 is 33.4 Å². The van der Waals surface area contributed by atoms with Crippen molar-refractivity contribution in [2.75, 3.05) is 5.73 Å². The second-order valence-electron chi connectivity index (χ2n) is 2.98. The molecule has 0 saturated heterocycles. The molecule has 2 nitrogen and oxygen atoms in total. The summed E-state index contributed by atoms with van der Waals surface area (Å²) in [6.45, 7) is 0. The van der Waals surface area contributed by atoms with Gasteiger partial charge >= 0.3 is 0 Å². The quantitative estimate of drug-likeness (QED) is 0.855. The Bertz CT molecular complexity index is 456. The molecule has 76 valence electrons. The van der Waals surface area contributed by atoms with E-state index in [0.717, 1.165) is 20.0 Å². The van der Waals surface area contributed by atoms with E-state index >= 15 is 0 Å². The van der Waals surface area contributed by atoms with Crippen molar-refractivity contribution in [2.24, 2.45) is 0 Å². The van der Waals surface area contributed by atoms with Crippen LogP contribution in [0, 0.1) is 0 Å². The number of aromatic nitrogens is 1. The van der Waals surface area contributed by atoms with Gasteiger partial charge in [-0.15, -0.1) is 0 Å². The van der Waals surface area contributed by atoms with Crippen LogP contribution in [0.25, 0.3) is 0 Å². The molecular formula is C11H9BrN2S. The maximum absolute atomic E-state index is 5.62. The predicted molar refractivity (Wildman–Crippen MR) is 66.9 cm³/mol. The van der Waals surface area contributed by atoms with Gasteiger partial charge in [-0.2, -0.15) is 0 Å². The number of nitrogens with zero attached hydrogens (tertiary/aromatic N) is 1. The first kappa shape index (κ1) is 10.5. The monoisotopic (exact) mass is 280 g/mol. The van der Waals surface area contributed by atoms with Gasteiger partial charge in [0.25, 0.3) is 0 Å². The standard InChI is InChI=1S/C11H9BrN2S/c12-10-7-14-6-5-11(10)15-9-3-1-8(13)2-4-9/h1-7H,13H2. The van der Waals surface area contributed by atoms with Crippen molar-refractivity contribution in [2.45, 2.75) is 9.79 Å². The Morgan fingerprint density at radius 1 is 1.13 bits per heavy atom. The minimum atomic E-state index is 0.785. The smallest absolute Gasteiger partial charge is 0.0498 e. The number of anilines is 1. The number of hydrogen-bond donors (Lipinski definition) is 1. The van der Waals surface area contributed by atoms with Gasteiger partial charge in [-0.3, -0.25) is 4.98 Å². The Kier molecular flexibility index (Phi) is 3.28. The highest BCUT2D eigenvalue weighted by molar-refractivity contribution is 9.10. The van der Waals surface area contributed by atoms with Gasteiger partial charge in [0.2, 0.25) is 0 Å². The summed E-state index contributed by atoms with van der Waals surface area (Å²) in [4.78, 5) is 6.33. The van der Waals surface area contributed by atoms with Gasteiger partial charge in [-0.1, -0.05) is 11.8 Å². The summed E-state index contributed by atoms with van der Waals surface area (Å²) in [5, 5.41) is 0. The first-order chi connectivity index (χ1) is 7.25. The second-order valence-corrected chi connectivity index (χ2v) is 4.95. The van der Waals surface area contributed by atoms with E-state index in [2.05, 4.69) is 20.9 Å². The average Bonchev–Trinajstić information content (AvgIpc) is 2.25. The normalized spacial score (nSPS) is 10.2. The Morgan fingerprint density at radius 3 is 2.53 bits per heavy atom. The molecule has 1 heterocycles. The fourth-order valence-electron chi connectivity index (χ4n) is 1.11. The average molecular weight is 281 g/mol. The Hall–Kier alpha value is -1.00. The van der Waals surface area contributed by atoms with Gasteiger partial charge in [0.05, 0.1) is 0 Å². The lowest BCUT2D eigenvalue weighted by atomic mass is 10.3. The van der Waals surface area contributed by atoms with Crippen LogP contribution in [0.4, 0.5) is 5.69 Å². The molecule has 0 aliphatic rings. The Morgan fingerprint density at radius 2 is 1.87 bits per heavy atom. The van der Waals surface area contributed by atoms with Crippen molar-refractivity contribution in [1.82, 2.24) is 4.98 Å². The van der Waals surface area contributed by atoms with E-state index in [-0.39, 0.29) is 0 Å². The van der Waals surface area contributed by atoms with Crippen molar-refractivity contribution in [3.05, 3.63) is 47.2 Å². The largest absolute Gasteiger partial charge is 0.399 e. The molecule has 0 spiro atoms. The number of pyridine rings is 1. The lowest BCUT2D eigenvalue weighted by Gasteiger charge is -2.03. The number of halogens is 1. The van der Waals surface area contributed by atoms with Crippen LogP contribution in [0.5, 0.6) is 0 Å². The minimum absolute atomic E-state index is 0.785. The minimum Gasteiger partial charge on any atom is -0.399 e. The zero-order chi connectivity index (χ0) is 10.7. The van der Waals surface area contributed by atoms with Crippen molar-refractivity contribution in [1.29, 1.82) is 0 Å². The number of nitrogen functional groups attached to an aromatic ring is 1. The summed E-state index contributed by atoms with van der Waals surface area (Å²) in [6.07, 6.45) is 3.57. The second kappa shape index (κ2) is 4.68. The van der Waals surface area contributed by atoms with Crippen molar-refractivity contribution < 1.29 is 0 Å². The summed E-state index contributed by atoms with van der Waals surface area (Å²) in [7, 11) is 0. The van der Waals surface area contributed by atoms with E-state index in [1.807, 2.05) is 30.3 Å². The molecule has 15 heavy (non-hydrogen) atoms. The summed E-state index contributed by atoms with van der Waals surface area (Å²) in [5.74, 6) is 0. The van der Waals surface area contributed by atoms with E-state index in [1.165, 1.54) is 0 Å². The first-order valence-corrected chi connectivity index (χ1v) is 5.99. The van der Waals surface area contributed by atoms with E-state index in [0.29, 0.717) is 0 Å². The molecule has 1 aromatic heterocycles.